The third-order valence-corrected chi connectivity index (χ3v) is 9.01. The second-order valence-electron chi connectivity index (χ2n) is 11.6. The summed E-state index contributed by atoms with van der Waals surface area (Å²) in [5, 5.41) is 6.60. The first-order chi connectivity index (χ1) is 16.3. The molecule has 2 N–H and O–H groups in total. The summed E-state index contributed by atoms with van der Waals surface area (Å²) in [6, 6.07) is 5.80. The summed E-state index contributed by atoms with van der Waals surface area (Å²) in [6.07, 6.45) is 5.92. The minimum Gasteiger partial charge on any atom is -0.350 e. The maximum absolute atomic E-state index is 13.1. The van der Waals surface area contributed by atoms with Gasteiger partial charge in [-0.05, 0) is 60.5 Å². The highest BCUT2D eigenvalue weighted by Crippen LogP contribution is 2.61. The number of nitrogens with one attached hydrogen (secondary N) is 2. The molecule has 2 amide bonds. The van der Waals surface area contributed by atoms with E-state index in [1.807, 2.05) is 33.7 Å². The van der Waals surface area contributed by atoms with Gasteiger partial charge in [-0.3, -0.25) is 14.0 Å². The van der Waals surface area contributed by atoms with Gasteiger partial charge in [0.15, 0.2) is 0 Å². The van der Waals surface area contributed by atoms with Crippen molar-refractivity contribution in [2.75, 3.05) is 26.2 Å². The monoisotopic (exact) mass is 465 g/mol. The van der Waals surface area contributed by atoms with E-state index in [1.165, 1.54) is 19.3 Å². The maximum atomic E-state index is 13.1. The van der Waals surface area contributed by atoms with E-state index >= 15 is 0 Å². The molecule has 2 aromatic heterocycles. The largest absolute Gasteiger partial charge is 0.350 e. The molecule has 4 atom stereocenters. The summed E-state index contributed by atoms with van der Waals surface area (Å²) in [7, 11) is 0. The summed E-state index contributed by atoms with van der Waals surface area (Å²) in [6.45, 7) is 12.2. The van der Waals surface area contributed by atoms with E-state index in [-0.39, 0.29) is 24.3 Å². The first kappa shape index (κ1) is 23.3. The molecule has 1 saturated heterocycles. The lowest BCUT2D eigenvalue weighted by molar-refractivity contribution is -0.134. The van der Waals surface area contributed by atoms with E-state index in [2.05, 4.69) is 43.3 Å². The zero-order valence-electron chi connectivity index (χ0n) is 21.0. The number of pyridine rings is 1. The number of hydrogen-bond donors (Lipinski definition) is 2. The van der Waals surface area contributed by atoms with Crippen molar-refractivity contribution in [3.63, 3.8) is 0 Å². The highest BCUT2D eigenvalue weighted by atomic mass is 16.2. The van der Waals surface area contributed by atoms with Crippen LogP contribution in [0.15, 0.2) is 24.4 Å². The van der Waals surface area contributed by atoms with Crippen LogP contribution in [0.4, 0.5) is 0 Å². The van der Waals surface area contributed by atoms with Crippen LogP contribution in [0.25, 0.3) is 5.65 Å². The second-order valence-corrected chi connectivity index (χ2v) is 11.6. The number of carbonyl (C=O) groups excluding carboxylic acids is 2. The number of nitrogens with zero attached hydrogens (tertiary/aromatic N) is 3. The Labute approximate surface area is 202 Å². The van der Waals surface area contributed by atoms with Crippen molar-refractivity contribution in [1.29, 1.82) is 0 Å². The number of hydrogen-bond acceptors (Lipinski definition) is 4. The molecule has 1 aliphatic heterocycles. The van der Waals surface area contributed by atoms with E-state index in [9.17, 15) is 9.59 Å². The number of fused-ring (bicyclic) bond motifs is 3. The van der Waals surface area contributed by atoms with Crippen molar-refractivity contribution in [2.24, 2.45) is 29.1 Å². The highest BCUT2D eigenvalue weighted by molar-refractivity contribution is 5.93. The smallest absolute Gasteiger partial charge is 0.268 e. The second kappa shape index (κ2) is 8.99. The first-order valence-corrected chi connectivity index (χ1v) is 13.0. The lowest BCUT2D eigenvalue weighted by atomic mass is 9.45. The molecule has 7 nitrogen and oxygen atoms in total. The van der Waals surface area contributed by atoms with Crippen LogP contribution in [0.3, 0.4) is 0 Å². The number of imidazole rings is 1. The fourth-order valence-corrected chi connectivity index (χ4v) is 6.74. The number of amides is 2. The quantitative estimate of drug-likeness (QED) is 0.687. The van der Waals surface area contributed by atoms with Gasteiger partial charge in [0.25, 0.3) is 5.91 Å². The van der Waals surface area contributed by atoms with Crippen molar-refractivity contribution in [2.45, 2.75) is 59.4 Å². The maximum Gasteiger partial charge on any atom is 0.268 e. The Kier molecular flexibility index (Phi) is 6.17. The average Bonchev–Trinajstić information content (AvgIpc) is 3.24. The van der Waals surface area contributed by atoms with Gasteiger partial charge >= 0.3 is 0 Å². The number of aromatic nitrogens is 2. The Bertz CT molecular complexity index is 1070. The van der Waals surface area contributed by atoms with Crippen LogP contribution < -0.4 is 10.6 Å². The van der Waals surface area contributed by atoms with Crippen molar-refractivity contribution >= 4 is 17.5 Å². The fraction of sp³-hybridized carbons (Fsp3) is 0.667. The molecule has 34 heavy (non-hydrogen) atoms. The van der Waals surface area contributed by atoms with Crippen molar-refractivity contribution in [1.82, 2.24) is 24.9 Å². The van der Waals surface area contributed by atoms with Gasteiger partial charge in [-0.25, -0.2) is 4.98 Å². The summed E-state index contributed by atoms with van der Waals surface area (Å²) in [5.74, 6) is 2.58. The van der Waals surface area contributed by atoms with Gasteiger partial charge in [0.2, 0.25) is 5.91 Å². The van der Waals surface area contributed by atoms with Gasteiger partial charge in [-0.15, -0.1) is 0 Å². The summed E-state index contributed by atoms with van der Waals surface area (Å²) in [4.78, 5) is 32.9. The van der Waals surface area contributed by atoms with Gasteiger partial charge < -0.3 is 15.5 Å². The van der Waals surface area contributed by atoms with Crippen LogP contribution >= 0.6 is 0 Å². The molecule has 3 heterocycles. The van der Waals surface area contributed by atoms with Crippen molar-refractivity contribution in [3.8, 4) is 0 Å². The molecule has 2 bridgehead atoms. The van der Waals surface area contributed by atoms with E-state index in [0.717, 1.165) is 32.1 Å². The molecule has 3 saturated carbocycles. The van der Waals surface area contributed by atoms with Crippen LogP contribution in [-0.2, 0) is 11.2 Å². The molecule has 0 aromatic carbocycles. The molecule has 4 aliphatic rings. The predicted molar refractivity (Wildman–Crippen MR) is 133 cm³/mol. The number of rotatable bonds is 6. The number of piperazine rings is 1. The summed E-state index contributed by atoms with van der Waals surface area (Å²) < 4.78 is 1.83. The molecule has 0 radical (unpaired) electrons. The van der Waals surface area contributed by atoms with E-state index in [4.69, 9.17) is 0 Å². The zero-order valence-corrected chi connectivity index (χ0v) is 21.0. The van der Waals surface area contributed by atoms with Crippen LogP contribution in [0.5, 0.6) is 0 Å². The minimum atomic E-state index is -0.0675. The Morgan fingerprint density at radius 1 is 1.26 bits per heavy atom. The first-order valence-electron chi connectivity index (χ1n) is 13.0. The topological polar surface area (TPSA) is 78.7 Å². The third-order valence-electron chi connectivity index (χ3n) is 9.01. The van der Waals surface area contributed by atoms with Crippen LogP contribution in [0.2, 0.25) is 0 Å². The summed E-state index contributed by atoms with van der Waals surface area (Å²) >= 11 is 0. The Morgan fingerprint density at radius 3 is 2.82 bits per heavy atom. The normalized spacial score (nSPS) is 28.1. The Hall–Kier alpha value is -2.41. The minimum absolute atomic E-state index is 0.0675. The Morgan fingerprint density at radius 2 is 2.09 bits per heavy atom. The van der Waals surface area contributed by atoms with Crippen LogP contribution in [-0.4, -0.2) is 58.3 Å². The molecule has 4 fully saturated rings. The van der Waals surface area contributed by atoms with E-state index < -0.39 is 0 Å². The van der Waals surface area contributed by atoms with Gasteiger partial charge in [0, 0.05) is 38.4 Å². The Balaban J connectivity index is 1.27. The number of carbonyl (C=O) groups is 2. The molecular weight excluding hydrogens is 426 g/mol. The zero-order chi connectivity index (χ0) is 24.0. The van der Waals surface area contributed by atoms with E-state index in [1.54, 1.807) is 0 Å². The lowest BCUT2D eigenvalue weighted by Crippen LogP contribution is -2.56. The SMILES string of the molecule is CC(C)[C@@H]1CNCCN1C(=O)Cc1cn2c(C(=O)NC[C@@H]3CC[C@@H]4C[C@H]3C4(C)C)cccc2n1. The van der Waals surface area contributed by atoms with Crippen LogP contribution in [0.1, 0.15) is 63.1 Å². The van der Waals surface area contributed by atoms with Gasteiger partial charge in [-0.1, -0.05) is 33.8 Å². The average molecular weight is 466 g/mol. The van der Waals surface area contributed by atoms with Crippen molar-refractivity contribution < 1.29 is 9.59 Å². The molecular formula is C27H39N5O2. The molecule has 2 aromatic rings. The van der Waals surface area contributed by atoms with Gasteiger partial charge in [0.1, 0.15) is 11.3 Å². The molecule has 0 spiro atoms. The van der Waals surface area contributed by atoms with Crippen LogP contribution in [0, 0.1) is 29.1 Å². The lowest BCUT2D eigenvalue weighted by Gasteiger charge is -2.60. The van der Waals surface area contributed by atoms with E-state index in [0.29, 0.717) is 40.2 Å². The molecule has 7 heteroatoms. The molecule has 6 rings (SSSR count). The fourth-order valence-electron chi connectivity index (χ4n) is 6.74. The van der Waals surface area contributed by atoms with Gasteiger partial charge in [0.05, 0.1) is 12.1 Å². The van der Waals surface area contributed by atoms with Gasteiger partial charge in [-0.2, -0.15) is 0 Å². The molecule has 184 valence electrons. The third kappa shape index (κ3) is 4.12. The summed E-state index contributed by atoms with van der Waals surface area (Å²) in [5.41, 5.74) is 2.41. The molecule has 0 unspecified atom stereocenters. The predicted octanol–water partition coefficient (Wildman–Crippen LogP) is 3.14. The molecule has 3 aliphatic carbocycles. The van der Waals surface area contributed by atoms with Crippen molar-refractivity contribution in [3.05, 3.63) is 35.8 Å². The highest BCUT2D eigenvalue weighted by Gasteiger charge is 2.53. The standard InChI is InChI=1S/C27H39N5O2/c1-17(2)23-15-28-10-11-31(23)25(33)13-20-16-32-22(6-5-7-24(32)30-20)26(34)29-14-18-8-9-19-12-21(18)27(19,3)4/h5-7,16-19,21,23,28H,8-15H2,1-4H3,(H,29,34)/t18-,19+,21+,23-/m0/s1.